The Bertz CT molecular complexity index is 771. The fourth-order valence-electron chi connectivity index (χ4n) is 2.66. The van der Waals surface area contributed by atoms with Gasteiger partial charge in [0.2, 0.25) is 0 Å². The van der Waals surface area contributed by atoms with E-state index < -0.39 is 0 Å². The molecule has 0 aliphatic carbocycles. The van der Waals surface area contributed by atoms with Gasteiger partial charge >= 0.3 is 0 Å². The summed E-state index contributed by atoms with van der Waals surface area (Å²) in [5.74, 6) is 0. The van der Waals surface area contributed by atoms with E-state index in [0.29, 0.717) is 0 Å². The van der Waals surface area contributed by atoms with Crippen molar-refractivity contribution in [2.45, 2.75) is 6.92 Å². The van der Waals surface area contributed by atoms with Crippen LogP contribution in [0.1, 0.15) is 5.56 Å². The zero-order valence-electron chi connectivity index (χ0n) is 12.1. The number of para-hydroxylation sites is 1. The Morgan fingerprint density at radius 3 is 2.60 bits per heavy atom. The van der Waals surface area contributed by atoms with Crippen molar-refractivity contribution >= 4 is 28.0 Å². The number of fused-ring (bicyclic) bond motifs is 1. The van der Waals surface area contributed by atoms with Gasteiger partial charge < -0.3 is 15.2 Å². The zero-order chi connectivity index (χ0) is 14.3. The van der Waals surface area contributed by atoms with Gasteiger partial charge in [0.05, 0.1) is 17.1 Å². The zero-order valence-corrected chi connectivity index (χ0v) is 12.1. The van der Waals surface area contributed by atoms with Gasteiger partial charge in [-0.2, -0.15) is 0 Å². The minimum Gasteiger partial charge on any atom is -0.397 e. The molecule has 1 aromatic heterocycles. The highest BCUT2D eigenvalue weighted by molar-refractivity contribution is 5.96. The van der Waals surface area contributed by atoms with Gasteiger partial charge in [-0.05, 0) is 30.7 Å². The number of nitrogen functional groups attached to an aromatic ring is 1. The monoisotopic (exact) mass is 265 g/mol. The molecule has 0 fully saturated rings. The lowest BCUT2D eigenvalue weighted by Gasteiger charge is -2.21. The molecule has 0 bridgehead atoms. The Morgan fingerprint density at radius 2 is 1.80 bits per heavy atom. The third kappa shape index (κ3) is 1.92. The first-order valence-electron chi connectivity index (χ1n) is 6.72. The van der Waals surface area contributed by atoms with Gasteiger partial charge in [0.1, 0.15) is 0 Å². The average molecular weight is 265 g/mol. The van der Waals surface area contributed by atoms with Gasteiger partial charge in [-0.15, -0.1) is 0 Å². The van der Waals surface area contributed by atoms with Crippen LogP contribution in [-0.2, 0) is 7.05 Å². The van der Waals surface area contributed by atoms with Crippen molar-refractivity contribution in [2.24, 2.45) is 7.05 Å². The number of anilines is 3. The summed E-state index contributed by atoms with van der Waals surface area (Å²) in [7, 11) is 4.13. The normalized spacial score (nSPS) is 10.9. The minimum absolute atomic E-state index is 0.797. The van der Waals surface area contributed by atoms with E-state index in [0.717, 1.165) is 11.4 Å². The Morgan fingerprint density at radius 1 is 1.05 bits per heavy atom. The smallest absolute Gasteiger partial charge is 0.0668 e. The second-order valence-electron chi connectivity index (χ2n) is 5.26. The summed E-state index contributed by atoms with van der Waals surface area (Å²) < 4.78 is 2.15. The molecular formula is C17H19N3. The molecule has 2 aromatic carbocycles. The molecule has 0 spiro atoms. The maximum absolute atomic E-state index is 6.13. The second-order valence-corrected chi connectivity index (χ2v) is 5.26. The first-order chi connectivity index (χ1) is 9.58. The summed E-state index contributed by atoms with van der Waals surface area (Å²) in [6.45, 7) is 2.08. The highest BCUT2D eigenvalue weighted by atomic mass is 15.1. The summed E-state index contributed by atoms with van der Waals surface area (Å²) >= 11 is 0. The maximum Gasteiger partial charge on any atom is 0.0668 e. The van der Waals surface area contributed by atoms with Crippen LogP contribution in [0, 0.1) is 6.92 Å². The van der Waals surface area contributed by atoms with Crippen molar-refractivity contribution in [1.29, 1.82) is 0 Å². The average Bonchev–Trinajstić information content (AvgIpc) is 2.79. The fraction of sp³-hybridized carbons (Fsp3) is 0.176. The molecule has 0 saturated heterocycles. The highest BCUT2D eigenvalue weighted by Gasteiger charge is 2.13. The molecule has 3 heteroatoms. The first-order valence-corrected chi connectivity index (χ1v) is 6.72. The third-order valence-electron chi connectivity index (χ3n) is 3.78. The standard InChI is InChI=1S/C17H19N3/c1-12-8-9-14(18)16(10-12)20(3)17-11-19(2)15-7-5-4-6-13(15)17/h4-11H,18H2,1-3H3. The molecule has 102 valence electrons. The molecule has 3 rings (SSSR count). The Labute approximate surface area is 119 Å². The molecule has 0 radical (unpaired) electrons. The van der Waals surface area contributed by atoms with E-state index in [9.17, 15) is 0 Å². The van der Waals surface area contributed by atoms with Crippen LogP contribution in [0.2, 0.25) is 0 Å². The molecule has 2 N–H and O–H groups in total. The van der Waals surface area contributed by atoms with Gasteiger partial charge in [-0.1, -0.05) is 24.3 Å². The van der Waals surface area contributed by atoms with Gasteiger partial charge in [0.15, 0.2) is 0 Å². The minimum atomic E-state index is 0.797. The van der Waals surface area contributed by atoms with E-state index in [2.05, 4.69) is 67.0 Å². The molecule has 0 atom stereocenters. The van der Waals surface area contributed by atoms with Crippen molar-refractivity contribution in [3.63, 3.8) is 0 Å². The van der Waals surface area contributed by atoms with Crippen LogP contribution in [0.4, 0.5) is 17.1 Å². The van der Waals surface area contributed by atoms with Crippen LogP contribution >= 0.6 is 0 Å². The van der Waals surface area contributed by atoms with E-state index in [1.165, 1.54) is 22.2 Å². The van der Waals surface area contributed by atoms with E-state index in [1.54, 1.807) is 0 Å². The van der Waals surface area contributed by atoms with Crippen LogP contribution < -0.4 is 10.6 Å². The number of hydrogen-bond acceptors (Lipinski definition) is 2. The number of nitrogens with zero attached hydrogens (tertiary/aromatic N) is 2. The number of rotatable bonds is 2. The predicted octanol–water partition coefficient (Wildman–Crippen LogP) is 3.84. The lowest BCUT2D eigenvalue weighted by Crippen LogP contribution is -2.11. The van der Waals surface area contributed by atoms with E-state index in [1.807, 2.05) is 12.1 Å². The van der Waals surface area contributed by atoms with Crippen molar-refractivity contribution in [1.82, 2.24) is 4.57 Å². The third-order valence-corrected chi connectivity index (χ3v) is 3.78. The predicted molar refractivity (Wildman–Crippen MR) is 86.6 cm³/mol. The topological polar surface area (TPSA) is 34.2 Å². The SMILES string of the molecule is Cc1ccc(N)c(N(C)c2cn(C)c3ccccc23)c1. The second kappa shape index (κ2) is 4.60. The summed E-state index contributed by atoms with van der Waals surface area (Å²) in [5, 5.41) is 1.23. The van der Waals surface area contributed by atoms with Crippen LogP contribution in [0.3, 0.4) is 0 Å². The van der Waals surface area contributed by atoms with Crippen molar-refractivity contribution in [2.75, 3.05) is 17.7 Å². The molecule has 0 saturated carbocycles. The molecule has 3 nitrogen and oxygen atoms in total. The largest absolute Gasteiger partial charge is 0.397 e. The van der Waals surface area contributed by atoms with Gasteiger partial charge in [0, 0.05) is 31.2 Å². The molecular weight excluding hydrogens is 246 g/mol. The summed E-state index contributed by atoms with van der Waals surface area (Å²) in [6.07, 6.45) is 2.15. The first kappa shape index (κ1) is 12.6. The fourth-order valence-corrected chi connectivity index (χ4v) is 2.66. The molecule has 20 heavy (non-hydrogen) atoms. The summed E-state index contributed by atoms with van der Waals surface area (Å²) in [4.78, 5) is 2.16. The van der Waals surface area contributed by atoms with Crippen molar-refractivity contribution in [3.8, 4) is 0 Å². The van der Waals surface area contributed by atoms with E-state index in [-0.39, 0.29) is 0 Å². The number of aromatic nitrogens is 1. The lowest BCUT2D eigenvalue weighted by atomic mass is 10.1. The lowest BCUT2D eigenvalue weighted by molar-refractivity contribution is 0.965. The highest BCUT2D eigenvalue weighted by Crippen LogP contribution is 2.35. The molecule has 0 amide bonds. The van der Waals surface area contributed by atoms with Crippen LogP contribution in [-0.4, -0.2) is 11.6 Å². The van der Waals surface area contributed by atoms with E-state index in [4.69, 9.17) is 5.73 Å². The molecule has 1 heterocycles. The van der Waals surface area contributed by atoms with Crippen LogP contribution in [0.15, 0.2) is 48.7 Å². The Hall–Kier alpha value is -2.42. The van der Waals surface area contributed by atoms with Crippen molar-refractivity contribution in [3.05, 3.63) is 54.2 Å². The number of nitrogens with two attached hydrogens (primary N) is 1. The van der Waals surface area contributed by atoms with Gasteiger partial charge in [-0.3, -0.25) is 0 Å². The number of aryl methyl sites for hydroxylation is 2. The summed E-state index contributed by atoms with van der Waals surface area (Å²) in [5.41, 5.74) is 11.6. The van der Waals surface area contributed by atoms with Crippen molar-refractivity contribution < 1.29 is 0 Å². The van der Waals surface area contributed by atoms with Gasteiger partial charge in [0.25, 0.3) is 0 Å². The van der Waals surface area contributed by atoms with Crippen LogP contribution in [0.5, 0.6) is 0 Å². The quantitative estimate of drug-likeness (QED) is 0.714. The summed E-state index contributed by atoms with van der Waals surface area (Å²) in [6, 6.07) is 14.5. The van der Waals surface area contributed by atoms with E-state index >= 15 is 0 Å². The molecule has 0 unspecified atom stereocenters. The molecule has 0 aliphatic rings. The maximum atomic E-state index is 6.13. The van der Waals surface area contributed by atoms with Gasteiger partial charge in [-0.25, -0.2) is 0 Å². The van der Waals surface area contributed by atoms with Crippen LogP contribution in [0.25, 0.3) is 10.9 Å². The molecule has 3 aromatic rings. The Kier molecular flexibility index (Phi) is 2.90. The number of hydrogen-bond donors (Lipinski definition) is 1. The molecule has 0 aliphatic heterocycles. The Balaban J connectivity index is 2.18. The number of benzene rings is 2.